The number of nitrogens with zero attached hydrogens (tertiary/aromatic N) is 5. The van der Waals surface area contributed by atoms with Crippen molar-refractivity contribution in [1.82, 2.24) is 25.4 Å². The molecule has 0 aliphatic carbocycles. The molecule has 20 heavy (non-hydrogen) atoms. The molecule has 0 bridgehead atoms. The van der Waals surface area contributed by atoms with Gasteiger partial charge in [0.25, 0.3) is 0 Å². The zero-order chi connectivity index (χ0) is 12.4. The average Bonchev–Trinajstić information content (AvgIpc) is 2.87. The van der Waals surface area contributed by atoms with Crippen molar-refractivity contribution in [1.29, 1.82) is 0 Å². The van der Waals surface area contributed by atoms with E-state index >= 15 is 0 Å². The summed E-state index contributed by atoms with van der Waals surface area (Å²) in [5.41, 5.74) is 0.690. The number of nitrogens with one attached hydrogen (secondary N) is 1. The lowest BCUT2D eigenvalue weighted by atomic mass is 10.3. The predicted octanol–water partition coefficient (Wildman–Crippen LogP) is 1.09. The van der Waals surface area contributed by atoms with Crippen LogP contribution in [0.25, 0.3) is 11.5 Å². The first-order valence-electron chi connectivity index (χ1n) is 5.92. The van der Waals surface area contributed by atoms with Gasteiger partial charge in [-0.05, 0) is 6.07 Å². The Kier molecular flexibility index (Phi) is 6.12. The molecular weight excluding hydrogens is 303 g/mol. The molecule has 2 aromatic rings. The highest BCUT2D eigenvalue weighted by atomic mass is 35.5. The minimum Gasteiger partial charge on any atom is -0.339 e. The van der Waals surface area contributed by atoms with Gasteiger partial charge in [-0.15, -0.1) is 24.8 Å². The fourth-order valence-electron chi connectivity index (χ4n) is 1.89. The summed E-state index contributed by atoms with van der Waals surface area (Å²) in [6.07, 6.45) is 1.73. The third-order valence-electron chi connectivity index (χ3n) is 2.80. The van der Waals surface area contributed by atoms with Crippen LogP contribution in [0, 0.1) is 6.92 Å². The van der Waals surface area contributed by atoms with Crippen LogP contribution in [0.4, 0.5) is 5.95 Å². The Balaban J connectivity index is 0.000001000. The molecule has 0 atom stereocenters. The molecule has 110 valence electrons. The Bertz CT molecular complexity index is 543. The number of hydrogen-bond acceptors (Lipinski definition) is 7. The molecule has 1 N–H and O–H groups in total. The zero-order valence-corrected chi connectivity index (χ0v) is 12.6. The largest absolute Gasteiger partial charge is 0.339 e. The molecule has 0 saturated carbocycles. The fraction of sp³-hybridized carbons (Fsp3) is 0.455. The smallest absolute Gasteiger partial charge is 0.226 e. The number of anilines is 1. The third-order valence-corrected chi connectivity index (χ3v) is 2.80. The molecule has 1 aliphatic rings. The van der Waals surface area contributed by atoms with E-state index in [0.717, 1.165) is 32.1 Å². The number of rotatable bonds is 2. The number of halogens is 2. The first kappa shape index (κ1) is 16.6. The SMILES string of the molecule is Cc1nc(-c2ccnc(N3CCNCC3)n2)no1.Cl.Cl. The lowest BCUT2D eigenvalue weighted by molar-refractivity contribution is 0.394. The van der Waals surface area contributed by atoms with E-state index in [1.807, 2.05) is 0 Å². The Morgan fingerprint density at radius 1 is 1.20 bits per heavy atom. The van der Waals surface area contributed by atoms with E-state index < -0.39 is 0 Å². The van der Waals surface area contributed by atoms with Gasteiger partial charge in [-0.25, -0.2) is 9.97 Å². The van der Waals surface area contributed by atoms with Crippen molar-refractivity contribution >= 4 is 30.8 Å². The van der Waals surface area contributed by atoms with Crippen LogP contribution < -0.4 is 10.2 Å². The van der Waals surface area contributed by atoms with Gasteiger partial charge in [0.2, 0.25) is 17.7 Å². The maximum Gasteiger partial charge on any atom is 0.226 e. The van der Waals surface area contributed by atoms with Crippen molar-refractivity contribution < 1.29 is 4.52 Å². The fourth-order valence-corrected chi connectivity index (χ4v) is 1.89. The molecular formula is C11H16Cl2N6O. The number of aryl methyl sites for hydroxylation is 1. The van der Waals surface area contributed by atoms with E-state index in [0.29, 0.717) is 17.4 Å². The van der Waals surface area contributed by atoms with Crippen LogP contribution in [0.3, 0.4) is 0 Å². The van der Waals surface area contributed by atoms with Gasteiger partial charge in [0.05, 0.1) is 0 Å². The van der Waals surface area contributed by atoms with Gasteiger partial charge in [0, 0.05) is 39.3 Å². The lowest BCUT2D eigenvalue weighted by Gasteiger charge is -2.27. The molecule has 1 saturated heterocycles. The van der Waals surface area contributed by atoms with Crippen LogP contribution >= 0.6 is 24.8 Å². The number of aromatic nitrogens is 4. The second kappa shape index (κ2) is 7.37. The molecule has 0 spiro atoms. The molecule has 3 rings (SSSR count). The van der Waals surface area contributed by atoms with E-state index in [1.165, 1.54) is 0 Å². The summed E-state index contributed by atoms with van der Waals surface area (Å²) in [4.78, 5) is 15.1. The highest BCUT2D eigenvalue weighted by Crippen LogP contribution is 2.16. The first-order valence-corrected chi connectivity index (χ1v) is 5.92. The van der Waals surface area contributed by atoms with E-state index in [4.69, 9.17) is 4.52 Å². The Hall–Kier alpha value is -1.44. The highest BCUT2D eigenvalue weighted by Gasteiger charge is 2.15. The molecule has 0 radical (unpaired) electrons. The minimum absolute atomic E-state index is 0. The van der Waals surface area contributed by atoms with Crippen molar-refractivity contribution in [3.05, 3.63) is 18.2 Å². The van der Waals surface area contributed by atoms with Gasteiger partial charge in [0.15, 0.2) is 0 Å². The normalized spacial score (nSPS) is 14.3. The van der Waals surface area contributed by atoms with Crippen LogP contribution in [0.5, 0.6) is 0 Å². The Labute approximate surface area is 129 Å². The lowest BCUT2D eigenvalue weighted by Crippen LogP contribution is -2.44. The maximum absolute atomic E-state index is 4.96. The Morgan fingerprint density at radius 2 is 1.95 bits per heavy atom. The second-order valence-corrected chi connectivity index (χ2v) is 4.12. The van der Waals surface area contributed by atoms with Gasteiger partial charge in [0.1, 0.15) is 5.69 Å². The predicted molar refractivity (Wildman–Crippen MR) is 79.6 cm³/mol. The molecule has 2 aromatic heterocycles. The maximum atomic E-state index is 4.96. The molecule has 0 aromatic carbocycles. The molecule has 9 heteroatoms. The van der Waals surface area contributed by atoms with Gasteiger partial charge < -0.3 is 14.7 Å². The molecule has 1 fully saturated rings. The number of piperazine rings is 1. The quantitative estimate of drug-likeness (QED) is 0.887. The van der Waals surface area contributed by atoms with Crippen LogP contribution in [0.15, 0.2) is 16.8 Å². The van der Waals surface area contributed by atoms with Gasteiger partial charge in [-0.1, -0.05) is 5.16 Å². The summed E-state index contributed by atoms with van der Waals surface area (Å²) in [7, 11) is 0. The summed E-state index contributed by atoms with van der Waals surface area (Å²) < 4.78 is 4.96. The van der Waals surface area contributed by atoms with Crippen molar-refractivity contribution in [2.75, 3.05) is 31.1 Å². The van der Waals surface area contributed by atoms with Gasteiger partial charge >= 0.3 is 0 Å². The van der Waals surface area contributed by atoms with Crippen LogP contribution in [0.1, 0.15) is 5.89 Å². The molecule has 0 unspecified atom stereocenters. The van der Waals surface area contributed by atoms with E-state index in [1.54, 1.807) is 19.2 Å². The van der Waals surface area contributed by atoms with Crippen molar-refractivity contribution in [3.8, 4) is 11.5 Å². The summed E-state index contributed by atoms with van der Waals surface area (Å²) in [6, 6.07) is 1.79. The summed E-state index contributed by atoms with van der Waals surface area (Å²) in [5.74, 6) is 1.76. The molecule has 7 nitrogen and oxygen atoms in total. The van der Waals surface area contributed by atoms with Crippen LogP contribution in [0.2, 0.25) is 0 Å². The first-order chi connectivity index (χ1) is 8.83. The van der Waals surface area contributed by atoms with Gasteiger partial charge in [-0.3, -0.25) is 0 Å². The zero-order valence-electron chi connectivity index (χ0n) is 10.9. The molecule has 3 heterocycles. The Morgan fingerprint density at radius 3 is 2.60 bits per heavy atom. The van der Waals surface area contributed by atoms with Crippen molar-refractivity contribution in [3.63, 3.8) is 0 Å². The third kappa shape index (κ3) is 3.56. The summed E-state index contributed by atoms with van der Waals surface area (Å²) >= 11 is 0. The van der Waals surface area contributed by atoms with Crippen molar-refractivity contribution in [2.45, 2.75) is 6.92 Å². The van der Waals surface area contributed by atoms with Crippen molar-refractivity contribution in [2.24, 2.45) is 0 Å². The second-order valence-electron chi connectivity index (χ2n) is 4.12. The van der Waals surface area contributed by atoms with Crippen LogP contribution in [-0.4, -0.2) is 46.3 Å². The standard InChI is InChI=1S/C11H14N6O.2ClH/c1-8-14-10(16-18-8)9-2-3-13-11(15-9)17-6-4-12-5-7-17;;/h2-3,12H,4-7H2,1H3;2*1H. The van der Waals surface area contributed by atoms with Gasteiger partial charge in [-0.2, -0.15) is 4.98 Å². The summed E-state index contributed by atoms with van der Waals surface area (Å²) in [6.45, 7) is 5.49. The summed E-state index contributed by atoms with van der Waals surface area (Å²) in [5, 5.41) is 7.16. The van der Waals surface area contributed by atoms with E-state index in [-0.39, 0.29) is 24.8 Å². The average molecular weight is 319 g/mol. The van der Waals surface area contributed by atoms with Crippen LogP contribution in [-0.2, 0) is 0 Å². The molecule has 1 aliphatic heterocycles. The number of hydrogen-bond donors (Lipinski definition) is 1. The minimum atomic E-state index is 0. The topological polar surface area (TPSA) is 80.0 Å². The van der Waals surface area contributed by atoms with E-state index in [9.17, 15) is 0 Å². The monoisotopic (exact) mass is 318 g/mol. The van der Waals surface area contributed by atoms with E-state index in [2.05, 4.69) is 30.3 Å². The molecule has 0 amide bonds. The highest BCUT2D eigenvalue weighted by molar-refractivity contribution is 5.85.